The average Bonchev–Trinajstić information content (AvgIpc) is 2.56. The number of carbonyl (C=O) groups excluding carboxylic acids is 1. The van der Waals surface area contributed by atoms with Crippen LogP contribution >= 0.6 is 11.6 Å². The van der Waals surface area contributed by atoms with Crippen molar-refractivity contribution in [3.05, 3.63) is 46.7 Å². The summed E-state index contributed by atoms with van der Waals surface area (Å²) < 4.78 is 28.7. The van der Waals surface area contributed by atoms with Crippen LogP contribution in [0.15, 0.2) is 30.3 Å². The van der Waals surface area contributed by atoms with Crippen LogP contribution < -0.4 is 19.5 Å². The second-order valence-electron chi connectivity index (χ2n) is 4.50. The lowest BCUT2D eigenvalue weighted by atomic mass is 10.1. The monoisotopic (exact) mass is 339 g/mol. The molecule has 0 aliphatic rings. The van der Waals surface area contributed by atoms with Crippen molar-refractivity contribution in [2.24, 2.45) is 0 Å². The molecule has 0 atom stereocenters. The predicted molar refractivity (Wildman–Crippen MR) is 85.5 cm³/mol. The van der Waals surface area contributed by atoms with Gasteiger partial charge in [-0.15, -0.1) is 0 Å². The Hall–Kier alpha value is -2.47. The maximum atomic E-state index is 13.1. The average molecular weight is 340 g/mol. The van der Waals surface area contributed by atoms with E-state index in [2.05, 4.69) is 5.32 Å². The quantitative estimate of drug-likeness (QED) is 0.901. The molecule has 0 aliphatic heterocycles. The lowest BCUT2D eigenvalue weighted by Gasteiger charge is -2.14. The normalized spacial score (nSPS) is 10.1. The Balaban J connectivity index is 2.33. The Bertz CT molecular complexity index is 711. The van der Waals surface area contributed by atoms with Crippen LogP contribution in [0.1, 0.15) is 10.4 Å². The van der Waals surface area contributed by atoms with E-state index in [4.69, 9.17) is 25.8 Å². The molecule has 0 heterocycles. The molecule has 0 saturated carbocycles. The molecule has 23 heavy (non-hydrogen) atoms. The summed E-state index contributed by atoms with van der Waals surface area (Å²) in [4.78, 5) is 12.3. The number of amides is 1. The van der Waals surface area contributed by atoms with Gasteiger partial charge in [0.05, 0.1) is 26.4 Å². The number of anilines is 1. The van der Waals surface area contributed by atoms with E-state index in [1.165, 1.54) is 51.7 Å². The summed E-state index contributed by atoms with van der Waals surface area (Å²) in [6.45, 7) is 0. The smallest absolute Gasteiger partial charge is 0.255 e. The van der Waals surface area contributed by atoms with E-state index in [0.29, 0.717) is 28.5 Å². The summed E-state index contributed by atoms with van der Waals surface area (Å²) in [6.07, 6.45) is 0. The van der Waals surface area contributed by atoms with Gasteiger partial charge in [0.1, 0.15) is 5.82 Å². The van der Waals surface area contributed by atoms with Gasteiger partial charge in [-0.3, -0.25) is 4.79 Å². The first kappa shape index (κ1) is 16.9. The SMILES string of the molecule is COc1cc(C(=O)Nc2ccc(F)c(Cl)c2)cc(OC)c1OC. The molecule has 0 aliphatic carbocycles. The molecule has 2 rings (SSSR count). The zero-order chi connectivity index (χ0) is 17.0. The van der Waals surface area contributed by atoms with Crippen molar-refractivity contribution in [2.75, 3.05) is 26.6 Å². The lowest BCUT2D eigenvalue weighted by molar-refractivity contribution is 0.102. The van der Waals surface area contributed by atoms with Crippen molar-refractivity contribution >= 4 is 23.2 Å². The van der Waals surface area contributed by atoms with Crippen LogP contribution in [0.4, 0.5) is 10.1 Å². The van der Waals surface area contributed by atoms with Gasteiger partial charge in [-0.25, -0.2) is 4.39 Å². The molecule has 0 fully saturated rings. The van der Waals surface area contributed by atoms with E-state index in [1.807, 2.05) is 0 Å². The van der Waals surface area contributed by atoms with E-state index in [1.54, 1.807) is 0 Å². The van der Waals surface area contributed by atoms with E-state index >= 15 is 0 Å². The molecule has 5 nitrogen and oxygen atoms in total. The van der Waals surface area contributed by atoms with Crippen LogP contribution in [0.2, 0.25) is 5.02 Å². The summed E-state index contributed by atoms with van der Waals surface area (Å²) in [5.41, 5.74) is 0.662. The molecule has 7 heteroatoms. The summed E-state index contributed by atoms with van der Waals surface area (Å²) in [7, 11) is 4.39. The van der Waals surface area contributed by atoms with Crippen molar-refractivity contribution in [1.82, 2.24) is 0 Å². The first-order valence-corrected chi connectivity index (χ1v) is 6.94. The largest absolute Gasteiger partial charge is 0.493 e. The maximum Gasteiger partial charge on any atom is 0.255 e. The number of ether oxygens (including phenoxy) is 3. The highest BCUT2D eigenvalue weighted by Gasteiger charge is 2.17. The van der Waals surface area contributed by atoms with Gasteiger partial charge in [-0.1, -0.05) is 11.6 Å². The Labute approximate surface area is 137 Å². The second-order valence-corrected chi connectivity index (χ2v) is 4.90. The van der Waals surface area contributed by atoms with Crippen LogP contribution in [0.5, 0.6) is 17.2 Å². The third kappa shape index (κ3) is 3.65. The fourth-order valence-electron chi connectivity index (χ4n) is 1.99. The highest BCUT2D eigenvalue weighted by Crippen LogP contribution is 2.38. The van der Waals surface area contributed by atoms with E-state index in [-0.39, 0.29) is 5.02 Å². The zero-order valence-electron chi connectivity index (χ0n) is 12.8. The number of halogens is 2. The van der Waals surface area contributed by atoms with Crippen LogP contribution in [-0.4, -0.2) is 27.2 Å². The van der Waals surface area contributed by atoms with Gasteiger partial charge >= 0.3 is 0 Å². The van der Waals surface area contributed by atoms with Gasteiger partial charge in [0, 0.05) is 11.3 Å². The van der Waals surface area contributed by atoms with Gasteiger partial charge in [0.15, 0.2) is 11.5 Å². The van der Waals surface area contributed by atoms with Crippen LogP contribution in [-0.2, 0) is 0 Å². The van der Waals surface area contributed by atoms with E-state index in [0.717, 1.165) is 0 Å². The highest BCUT2D eigenvalue weighted by atomic mass is 35.5. The van der Waals surface area contributed by atoms with Gasteiger partial charge in [0.25, 0.3) is 5.91 Å². The van der Waals surface area contributed by atoms with E-state index < -0.39 is 11.7 Å². The molecule has 0 unspecified atom stereocenters. The summed E-state index contributed by atoms with van der Waals surface area (Å²) in [6, 6.07) is 6.95. The number of benzene rings is 2. The molecular formula is C16H15ClFNO4. The predicted octanol–water partition coefficient (Wildman–Crippen LogP) is 3.76. The van der Waals surface area contributed by atoms with Crippen molar-refractivity contribution in [1.29, 1.82) is 0 Å². The molecule has 2 aromatic carbocycles. The summed E-state index contributed by atoms with van der Waals surface area (Å²) in [5.74, 6) is 0.115. The Morgan fingerprint density at radius 2 is 1.65 bits per heavy atom. The number of hydrogen-bond acceptors (Lipinski definition) is 4. The van der Waals surface area contributed by atoms with Crippen molar-refractivity contribution in [3.8, 4) is 17.2 Å². The molecule has 0 aromatic heterocycles. The fourth-order valence-corrected chi connectivity index (χ4v) is 2.17. The van der Waals surface area contributed by atoms with Gasteiger partial charge in [0.2, 0.25) is 5.75 Å². The third-order valence-electron chi connectivity index (χ3n) is 3.10. The second kappa shape index (κ2) is 7.19. The summed E-state index contributed by atoms with van der Waals surface area (Å²) in [5, 5.41) is 2.55. The number of methoxy groups -OCH3 is 3. The molecule has 0 radical (unpaired) electrons. The lowest BCUT2D eigenvalue weighted by Crippen LogP contribution is -2.12. The van der Waals surface area contributed by atoms with Gasteiger partial charge in [-0.05, 0) is 30.3 Å². The Morgan fingerprint density at radius 3 is 2.13 bits per heavy atom. The molecule has 0 spiro atoms. The highest BCUT2D eigenvalue weighted by molar-refractivity contribution is 6.31. The van der Waals surface area contributed by atoms with Crippen LogP contribution in [0, 0.1) is 5.82 Å². The standard InChI is InChI=1S/C16H15ClFNO4/c1-21-13-6-9(7-14(22-2)15(13)23-3)16(20)19-10-4-5-12(18)11(17)8-10/h4-8H,1-3H3,(H,19,20). The number of rotatable bonds is 5. The molecule has 122 valence electrons. The molecule has 1 N–H and O–H groups in total. The van der Waals surface area contributed by atoms with Crippen LogP contribution in [0.25, 0.3) is 0 Å². The first-order chi connectivity index (χ1) is 11.0. The number of nitrogens with one attached hydrogen (secondary N) is 1. The van der Waals surface area contributed by atoms with Gasteiger partial charge < -0.3 is 19.5 Å². The Kier molecular flexibility index (Phi) is 5.28. The first-order valence-electron chi connectivity index (χ1n) is 6.56. The molecule has 2 aromatic rings. The third-order valence-corrected chi connectivity index (χ3v) is 3.39. The molecular weight excluding hydrogens is 325 g/mol. The van der Waals surface area contributed by atoms with Gasteiger partial charge in [-0.2, -0.15) is 0 Å². The number of carbonyl (C=O) groups is 1. The van der Waals surface area contributed by atoms with Crippen molar-refractivity contribution in [3.63, 3.8) is 0 Å². The van der Waals surface area contributed by atoms with Crippen molar-refractivity contribution < 1.29 is 23.4 Å². The van der Waals surface area contributed by atoms with Crippen molar-refractivity contribution in [2.45, 2.75) is 0 Å². The fraction of sp³-hybridized carbons (Fsp3) is 0.188. The minimum absolute atomic E-state index is 0.0762. The molecule has 0 saturated heterocycles. The topological polar surface area (TPSA) is 56.8 Å². The minimum atomic E-state index is -0.558. The minimum Gasteiger partial charge on any atom is -0.493 e. The molecule has 0 bridgehead atoms. The van der Waals surface area contributed by atoms with E-state index in [9.17, 15) is 9.18 Å². The summed E-state index contributed by atoms with van der Waals surface area (Å²) >= 11 is 5.70. The van der Waals surface area contributed by atoms with Crippen LogP contribution in [0.3, 0.4) is 0 Å². The zero-order valence-corrected chi connectivity index (χ0v) is 13.5. The Morgan fingerprint density at radius 1 is 1.04 bits per heavy atom. The maximum absolute atomic E-state index is 13.1. The molecule has 1 amide bonds. The number of hydrogen-bond donors (Lipinski definition) is 1.